The van der Waals surface area contributed by atoms with Gasteiger partial charge in [0.1, 0.15) is 11.8 Å². The third-order valence-electron chi connectivity index (χ3n) is 5.33. The van der Waals surface area contributed by atoms with E-state index in [0.717, 1.165) is 41.5 Å². The topological polar surface area (TPSA) is 66.7 Å². The fourth-order valence-electron chi connectivity index (χ4n) is 3.95. The number of fused-ring (bicyclic) bond motifs is 2. The zero-order valence-corrected chi connectivity index (χ0v) is 16.0. The number of aliphatic carboxylic acids is 1. The summed E-state index contributed by atoms with van der Waals surface area (Å²) < 4.78 is 0. The van der Waals surface area contributed by atoms with Crippen LogP contribution in [0.5, 0.6) is 0 Å². The molecule has 0 saturated heterocycles. The zero-order chi connectivity index (χ0) is 19.1. The van der Waals surface area contributed by atoms with Crippen molar-refractivity contribution in [2.24, 2.45) is 16.3 Å². The molecule has 0 bridgehead atoms. The van der Waals surface area contributed by atoms with E-state index in [9.17, 15) is 14.7 Å². The third-order valence-corrected chi connectivity index (χ3v) is 5.33. The number of nitrogens with zero attached hydrogens (tertiary/aromatic N) is 1. The largest absolute Gasteiger partial charge is 0.480 e. The van der Waals surface area contributed by atoms with E-state index >= 15 is 0 Å². The Labute approximate surface area is 155 Å². The number of hydrogen-bond donors (Lipinski definition) is 1. The van der Waals surface area contributed by atoms with E-state index in [1.165, 1.54) is 0 Å². The van der Waals surface area contributed by atoms with Crippen LogP contribution in [0, 0.1) is 11.3 Å². The van der Waals surface area contributed by atoms with E-state index in [0.29, 0.717) is 12.1 Å². The number of ketones is 1. The summed E-state index contributed by atoms with van der Waals surface area (Å²) in [5.74, 6) is -0.857. The van der Waals surface area contributed by atoms with Gasteiger partial charge in [-0.05, 0) is 48.2 Å². The van der Waals surface area contributed by atoms with Crippen molar-refractivity contribution in [1.82, 2.24) is 0 Å². The van der Waals surface area contributed by atoms with Crippen LogP contribution in [0.4, 0.5) is 0 Å². The van der Waals surface area contributed by atoms with Gasteiger partial charge in [0, 0.05) is 11.1 Å². The van der Waals surface area contributed by atoms with Gasteiger partial charge in [-0.1, -0.05) is 52.0 Å². The molecule has 0 fully saturated rings. The van der Waals surface area contributed by atoms with Crippen molar-refractivity contribution < 1.29 is 14.7 Å². The second-order valence-electron chi connectivity index (χ2n) is 8.63. The highest BCUT2D eigenvalue weighted by Gasteiger charge is 2.37. The van der Waals surface area contributed by atoms with Gasteiger partial charge < -0.3 is 5.11 Å². The Morgan fingerprint density at radius 2 is 1.85 bits per heavy atom. The van der Waals surface area contributed by atoms with Gasteiger partial charge in [-0.3, -0.25) is 9.79 Å². The number of Topliss-reactive ketones (excluding diaryl/α,β-unsaturated/α-hetero) is 1. The molecule has 2 aliphatic carbocycles. The number of hydrogen-bond acceptors (Lipinski definition) is 3. The standard InChI is InChI=1S/C22H27NO3/c1-13(2)11-18(21(25)26)23-19-15-8-6-5-7-14(15)17-12-22(3,4)10-9-16(17)20(19)24/h5-8,13,18H,9-12H2,1-4H3,(H,25,26). The minimum Gasteiger partial charge on any atom is -0.480 e. The molecular weight excluding hydrogens is 326 g/mol. The van der Waals surface area contributed by atoms with E-state index in [1.807, 2.05) is 38.1 Å². The summed E-state index contributed by atoms with van der Waals surface area (Å²) in [5.41, 5.74) is 4.27. The second-order valence-corrected chi connectivity index (χ2v) is 8.63. The smallest absolute Gasteiger partial charge is 0.328 e. The maximum Gasteiger partial charge on any atom is 0.328 e. The zero-order valence-electron chi connectivity index (χ0n) is 16.0. The Balaban J connectivity index is 2.12. The minimum atomic E-state index is -0.971. The van der Waals surface area contributed by atoms with Gasteiger partial charge in [-0.2, -0.15) is 0 Å². The lowest BCUT2D eigenvalue weighted by atomic mass is 9.68. The van der Waals surface area contributed by atoms with Crippen molar-refractivity contribution in [2.75, 3.05) is 0 Å². The summed E-state index contributed by atoms with van der Waals surface area (Å²) in [6, 6.07) is 6.91. The molecule has 0 amide bonds. The number of carbonyl (C=O) groups excluding carboxylic acids is 1. The Hall–Kier alpha value is -2.23. The molecule has 1 aromatic carbocycles. The molecule has 0 aliphatic heterocycles. The lowest BCUT2D eigenvalue weighted by Crippen LogP contribution is -2.32. The van der Waals surface area contributed by atoms with E-state index in [4.69, 9.17) is 0 Å². The van der Waals surface area contributed by atoms with Crippen molar-refractivity contribution in [1.29, 1.82) is 0 Å². The Morgan fingerprint density at radius 1 is 1.19 bits per heavy atom. The fourth-order valence-corrected chi connectivity index (χ4v) is 3.95. The molecule has 1 N–H and O–H groups in total. The summed E-state index contributed by atoms with van der Waals surface area (Å²) in [6.45, 7) is 8.40. The Kier molecular flexibility index (Phi) is 4.87. The number of carboxylic acid groups (broad SMARTS) is 1. The van der Waals surface area contributed by atoms with Crippen LogP contribution >= 0.6 is 0 Å². The molecular formula is C22H27NO3. The molecule has 1 atom stereocenters. The number of aliphatic imine (C=N–C) groups is 1. The quantitative estimate of drug-likeness (QED) is 0.865. The highest BCUT2D eigenvalue weighted by molar-refractivity contribution is 6.54. The Morgan fingerprint density at radius 3 is 2.46 bits per heavy atom. The summed E-state index contributed by atoms with van der Waals surface area (Å²) in [4.78, 5) is 29.3. The molecule has 26 heavy (non-hydrogen) atoms. The number of carboxylic acids is 1. The van der Waals surface area contributed by atoms with Crippen LogP contribution in [0.3, 0.4) is 0 Å². The van der Waals surface area contributed by atoms with Crippen LogP contribution in [0.1, 0.15) is 64.5 Å². The number of carbonyl (C=O) groups is 2. The van der Waals surface area contributed by atoms with Crippen LogP contribution in [0.15, 0.2) is 34.8 Å². The maximum atomic E-state index is 13.2. The van der Waals surface area contributed by atoms with Crippen LogP contribution in [-0.2, 0) is 9.59 Å². The van der Waals surface area contributed by atoms with Crippen LogP contribution < -0.4 is 0 Å². The average molecular weight is 353 g/mol. The molecule has 4 nitrogen and oxygen atoms in total. The van der Waals surface area contributed by atoms with Crippen LogP contribution in [0.25, 0.3) is 5.57 Å². The summed E-state index contributed by atoms with van der Waals surface area (Å²) in [7, 11) is 0. The molecule has 0 aromatic heterocycles. The lowest BCUT2D eigenvalue weighted by Gasteiger charge is -2.36. The van der Waals surface area contributed by atoms with E-state index in [-0.39, 0.29) is 17.1 Å². The van der Waals surface area contributed by atoms with Gasteiger partial charge in [-0.15, -0.1) is 0 Å². The van der Waals surface area contributed by atoms with Crippen molar-refractivity contribution in [3.8, 4) is 0 Å². The number of allylic oxidation sites excluding steroid dienone is 2. The molecule has 0 saturated carbocycles. The van der Waals surface area contributed by atoms with E-state index in [1.54, 1.807) is 0 Å². The molecule has 4 heteroatoms. The first-order valence-electron chi connectivity index (χ1n) is 9.37. The Bertz CT molecular complexity index is 814. The van der Waals surface area contributed by atoms with E-state index in [2.05, 4.69) is 18.8 Å². The first-order chi connectivity index (χ1) is 12.2. The third kappa shape index (κ3) is 3.50. The first kappa shape index (κ1) is 18.6. The van der Waals surface area contributed by atoms with Gasteiger partial charge in [0.25, 0.3) is 0 Å². The molecule has 0 radical (unpaired) electrons. The average Bonchev–Trinajstić information content (AvgIpc) is 2.56. The molecule has 1 aromatic rings. The number of rotatable bonds is 4. The van der Waals surface area contributed by atoms with Crippen molar-refractivity contribution in [2.45, 2.75) is 59.4 Å². The van der Waals surface area contributed by atoms with E-state index < -0.39 is 12.0 Å². The maximum absolute atomic E-state index is 13.2. The molecule has 138 valence electrons. The molecule has 0 spiro atoms. The predicted molar refractivity (Wildman–Crippen MR) is 103 cm³/mol. The minimum absolute atomic E-state index is 0.0794. The predicted octanol–water partition coefficient (Wildman–Crippen LogP) is 4.52. The van der Waals surface area contributed by atoms with Gasteiger partial charge in [0.15, 0.2) is 0 Å². The monoisotopic (exact) mass is 353 g/mol. The molecule has 2 aliphatic rings. The fraction of sp³-hybridized carbons (Fsp3) is 0.500. The SMILES string of the molecule is CC(C)CC(N=C1C(=O)C2=C(CC(C)(C)CC2)c2ccccc21)C(=O)O. The second kappa shape index (κ2) is 6.82. The molecule has 0 heterocycles. The van der Waals surface area contributed by atoms with Crippen molar-refractivity contribution in [3.05, 3.63) is 41.0 Å². The highest BCUT2D eigenvalue weighted by Crippen LogP contribution is 2.46. The van der Waals surface area contributed by atoms with Crippen molar-refractivity contribution >= 4 is 23.0 Å². The first-order valence-corrected chi connectivity index (χ1v) is 9.37. The summed E-state index contributed by atoms with van der Waals surface area (Å²) in [5, 5.41) is 9.56. The van der Waals surface area contributed by atoms with Gasteiger partial charge >= 0.3 is 5.97 Å². The molecule has 3 rings (SSSR count). The van der Waals surface area contributed by atoms with Gasteiger partial charge in [-0.25, -0.2) is 4.79 Å². The van der Waals surface area contributed by atoms with Gasteiger partial charge in [0.05, 0.1) is 0 Å². The van der Waals surface area contributed by atoms with Crippen molar-refractivity contribution in [3.63, 3.8) is 0 Å². The molecule has 1 unspecified atom stereocenters. The van der Waals surface area contributed by atoms with Crippen LogP contribution in [0.2, 0.25) is 0 Å². The summed E-state index contributed by atoms with van der Waals surface area (Å²) in [6.07, 6.45) is 2.98. The number of benzene rings is 1. The normalized spacial score (nSPS) is 21.6. The van der Waals surface area contributed by atoms with Crippen LogP contribution in [-0.4, -0.2) is 28.6 Å². The highest BCUT2D eigenvalue weighted by atomic mass is 16.4. The lowest BCUT2D eigenvalue weighted by molar-refractivity contribution is -0.138. The van der Waals surface area contributed by atoms with Gasteiger partial charge in [0.2, 0.25) is 5.78 Å². The summed E-state index contributed by atoms with van der Waals surface area (Å²) >= 11 is 0.